The molecule has 0 bridgehead atoms. The lowest BCUT2D eigenvalue weighted by molar-refractivity contribution is -0.385. The molecule has 0 aromatic heterocycles. The molecule has 0 fully saturated rings. The lowest BCUT2D eigenvalue weighted by atomic mass is 10.1. The molecule has 2 aromatic rings. The van der Waals surface area contributed by atoms with Gasteiger partial charge in [-0.05, 0) is 95.3 Å². The Kier molecular flexibility index (Phi) is 7.11. The summed E-state index contributed by atoms with van der Waals surface area (Å²) < 4.78 is 13.1. The molecule has 0 amide bonds. The van der Waals surface area contributed by atoms with Crippen molar-refractivity contribution in [2.75, 3.05) is 0 Å². The van der Waals surface area contributed by atoms with Crippen LogP contribution in [0.5, 0.6) is 5.75 Å². The third kappa shape index (κ3) is 4.99. The Bertz CT molecular complexity index is 1070. The molecule has 1 unspecified atom stereocenters. The number of esters is 1. The van der Waals surface area contributed by atoms with E-state index in [4.69, 9.17) is 9.47 Å². The Labute approximate surface area is 201 Å². The molecule has 0 saturated carbocycles. The van der Waals surface area contributed by atoms with Gasteiger partial charge in [0.2, 0.25) is 5.90 Å². The third-order valence-electron chi connectivity index (χ3n) is 4.49. The van der Waals surface area contributed by atoms with Gasteiger partial charge in [-0.1, -0.05) is 13.0 Å². The average Bonchev–Trinajstić information content (AvgIpc) is 3.05. The average molecular weight is 632 g/mol. The highest BCUT2D eigenvalue weighted by Gasteiger charge is 2.26. The number of aryl methyl sites for hydroxylation is 1. The fourth-order valence-electron chi connectivity index (χ4n) is 2.69. The van der Waals surface area contributed by atoms with Crippen LogP contribution in [0.1, 0.15) is 37.0 Å². The molecule has 30 heavy (non-hydrogen) atoms. The number of hydrogen-bond acceptors (Lipinski definition) is 6. The molecule has 156 valence electrons. The topological polar surface area (TPSA) is 91.0 Å². The molecule has 0 aliphatic carbocycles. The largest absolute Gasteiger partial charge is 0.489 e. The van der Waals surface area contributed by atoms with Gasteiger partial charge in [-0.2, -0.15) is 0 Å². The van der Waals surface area contributed by atoms with Crippen molar-refractivity contribution in [2.24, 2.45) is 4.99 Å². The first-order chi connectivity index (χ1) is 14.2. The molecule has 0 N–H and O–H groups in total. The zero-order chi connectivity index (χ0) is 22.0. The molecule has 0 radical (unpaired) electrons. The van der Waals surface area contributed by atoms with Crippen LogP contribution in [-0.4, -0.2) is 22.9 Å². The lowest BCUT2D eigenvalue weighted by Gasteiger charge is -2.16. The summed E-state index contributed by atoms with van der Waals surface area (Å²) in [4.78, 5) is 27.3. The summed E-state index contributed by atoms with van der Waals surface area (Å²) in [7, 11) is 0. The second-order valence-electron chi connectivity index (χ2n) is 6.74. The van der Waals surface area contributed by atoms with E-state index in [1.165, 1.54) is 6.07 Å². The van der Waals surface area contributed by atoms with Gasteiger partial charge in [-0.15, -0.1) is 0 Å². The van der Waals surface area contributed by atoms with E-state index in [9.17, 15) is 14.9 Å². The van der Waals surface area contributed by atoms with E-state index in [-0.39, 0.29) is 23.4 Å². The zero-order valence-electron chi connectivity index (χ0n) is 16.4. The van der Waals surface area contributed by atoms with E-state index in [1.54, 1.807) is 25.1 Å². The molecular weight excluding hydrogens is 614 g/mol. The van der Waals surface area contributed by atoms with E-state index >= 15 is 0 Å². The number of halogens is 2. The van der Waals surface area contributed by atoms with E-state index in [1.807, 2.05) is 19.1 Å². The number of ether oxygens (including phenoxy) is 2. The maximum absolute atomic E-state index is 12.3. The molecule has 0 saturated heterocycles. The zero-order valence-corrected chi connectivity index (χ0v) is 20.8. The predicted octanol–water partition coefficient (Wildman–Crippen LogP) is 5.63. The quantitative estimate of drug-likeness (QED) is 0.135. The van der Waals surface area contributed by atoms with Crippen LogP contribution in [-0.2, 0) is 9.53 Å². The number of carbonyl (C=O) groups excluding carboxylic acids is 1. The summed E-state index contributed by atoms with van der Waals surface area (Å²) in [6.07, 6.45) is 2.64. The number of rotatable bonds is 6. The smallest absolute Gasteiger partial charge is 0.363 e. The van der Waals surface area contributed by atoms with Gasteiger partial charge in [-0.25, -0.2) is 9.79 Å². The number of carbonyl (C=O) groups is 1. The van der Waals surface area contributed by atoms with Crippen LogP contribution in [0.4, 0.5) is 5.69 Å². The van der Waals surface area contributed by atoms with E-state index in [0.717, 1.165) is 24.9 Å². The first kappa shape index (κ1) is 22.7. The van der Waals surface area contributed by atoms with Crippen LogP contribution in [0.15, 0.2) is 41.0 Å². The van der Waals surface area contributed by atoms with Gasteiger partial charge >= 0.3 is 5.97 Å². The highest BCUT2D eigenvalue weighted by atomic mass is 127. The molecule has 1 atom stereocenters. The van der Waals surface area contributed by atoms with Crippen LogP contribution >= 0.6 is 45.2 Å². The van der Waals surface area contributed by atoms with Gasteiger partial charge < -0.3 is 9.47 Å². The maximum Gasteiger partial charge on any atom is 0.363 e. The molecule has 3 rings (SSSR count). The number of cyclic esters (lactones) is 1. The highest BCUT2D eigenvalue weighted by molar-refractivity contribution is 14.1. The normalized spacial score (nSPS) is 15.7. The van der Waals surface area contributed by atoms with Gasteiger partial charge in [0, 0.05) is 17.2 Å². The maximum atomic E-state index is 12.3. The van der Waals surface area contributed by atoms with Crippen molar-refractivity contribution in [3.05, 3.63) is 70.0 Å². The van der Waals surface area contributed by atoms with Crippen LogP contribution in [0.25, 0.3) is 6.08 Å². The van der Waals surface area contributed by atoms with Crippen molar-refractivity contribution in [3.8, 4) is 5.75 Å². The van der Waals surface area contributed by atoms with Crippen LogP contribution < -0.4 is 4.74 Å². The minimum Gasteiger partial charge on any atom is -0.489 e. The Morgan fingerprint density at radius 2 is 1.93 bits per heavy atom. The summed E-state index contributed by atoms with van der Waals surface area (Å²) >= 11 is 4.41. The summed E-state index contributed by atoms with van der Waals surface area (Å²) in [5, 5.41) is 11.2. The number of aliphatic imine (C=N–C) groups is 1. The SMILES string of the molecule is CCC(C)Oc1c(I)cc(/C=C2\N=C(c3ccc(C)c([N+](=O)[O-])c3)OC2=O)cc1I. The first-order valence-electron chi connectivity index (χ1n) is 9.13. The summed E-state index contributed by atoms with van der Waals surface area (Å²) in [6.45, 7) is 5.73. The Morgan fingerprint density at radius 3 is 2.53 bits per heavy atom. The first-order valence-corrected chi connectivity index (χ1v) is 11.3. The number of nitro benzene ring substituents is 1. The molecular formula is C21H18I2N2O5. The van der Waals surface area contributed by atoms with Crippen molar-refractivity contribution in [2.45, 2.75) is 33.3 Å². The minimum atomic E-state index is -0.599. The summed E-state index contributed by atoms with van der Waals surface area (Å²) in [6, 6.07) is 8.42. The van der Waals surface area contributed by atoms with E-state index in [0.29, 0.717) is 11.1 Å². The van der Waals surface area contributed by atoms with Crippen molar-refractivity contribution in [1.82, 2.24) is 0 Å². The van der Waals surface area contributed by atoms with E-state index < -0.39 is 10.9 Å². The van der Waals surface area contributed by atoms with E-state index in [2.05, 4.69) is 57.1 Å². The van der Waals surface area contributed by atoms with Gasteiger partial charge in [0.1, 0.15) is 5.75 Å². The standard InChI is InChI=1S/C21H18I2N2O5/c1-4-12(3)29-19-15(22)7-13(8-16(19)23)9-17-21(26)30-20(24-17)14-6-5-11(2)18(10-14)25(27)28/h5-10,12H,4H2,1-3H3/b17-9-. The summed E-state index contributed by atoms with van der Waals surface area (Å²) in [5.74, 6) is 0.270. The van der Waals surface area contributed by atoms with Crippen molar-refractivity contribution >= 4 is 68.8 Å². The summed E-state index contributed by atoms with van der Waals surface area (Å²) in [5.41, 5.74) is 1.77. The second kappa shape index (κ2) is 9.41. The van der Waals surface area contributed by atoms with Crippen LogP contribution in [0, 0.1) is 24.2 Å². The number of benzene rings is 2. The highest BCUT2D eigenvalue weighted by Crippen LogP contribution is 2.32. The van der Waals surface area contributed by atoms with Gasteiger partial charge in [0.05, 0.1) is 18.2 Å². The fourth-order valence-corrected chi connectivity index (χ4v) is 4.76. The number of nitrogens with zero attached hydrogens (tertiary/aromatic N) is 2. The van der Waals surface area contributed by atoms with Gasteiger partial charge in [-0.3, -0.25) is 10.1 Å². The fraction of sp³-hybridized carbons (Fsp3) is 0.238. The Hall–Kier alpha value is -2.02. The second-order valence-corrected chi connectivity index (χ2v) is 9.07. The number of nitro groups is 1. The Balaban J connectivity index is 1.93. The minimum absolute atomic E-state index is 0.0512. The van der Waals surface area contributed by atoms with Gasteiger partial charge in [0.15, 0.2) is 5.70 Å². The predicted molar refractivity (Wildman–Crippen MR) is 131 cm³/mol. The Morgan fingerprint density at radius 1 is 1.27 bits per heavy atom. The number of hydrogen-bond donors (Lipinski definition) is 0. The van der Waals surface area contributed by atoms with Gasteiger partial charge in [0.25, 0.3) is 5.69 Å². The molecule has 9 heteroatoms. The van der Waals surface area contributed by atoms with Crippen molar-refractivity contribution in [1.29, 1.82) is 0 Å². The molecule has 1 aliphatic heterocycles. The van der Waals surface area contributed by atoms with Crippen LogP contribution in [0.2, 0.25) is 0 Å². The molecule has 1 heterocycles. The van der Waals surface area contributed by atoms with Crippen molar-refractivity contribution in [3.63, 3.8) is 0 Å². The molecule has 0 spiro atoms. The molecule has 7 nitrogen and oxygen atoms in total. The lowest BCUT2D eigenvalue weighted by Crippen LogP contribution is -2.11. The monoisotopic (exact) mass is 632 g/mol. The molecule has 2 aromatic carbocycles. The molecule has 1 aliphatic rings. The third-order valence-corrected chi connectivity index (χ3v) is 6.09. The van der Waals surface area contributed by atoms with Crippen LogP contribution in [0.3, 0.4) is 0 Å². The van der Waals surface area contributed by atoms with Crippen molar-refractivity contribution < 1.29 is 19.2 Å².